The maximum absolute atomic E-state index is 14.1. The number of aromatic nitrogens is 1. The molecule has 3 nitrogen and oxygen atoms in total. The predicted molar refractivity (Wildman–Crippen MR) is 313 cm³/mol. The van der Waals surface area contributed by atoms with Crippen LogP contribution in [0.15, 0.2) is 188 Å². The van der Waals surface area contributed by atoms with Crippen molar-refractivity contribution < 1.29 is 13.2 Å². The van der Waals surface area contributed by atoms with Gasteiger partial charge in [-0.1, -0.05) is 118 Å². The first kappa shape index (κ1) is 46.7. The van der Waals surface area contributed by atoms with Crippen LogP contribution in [-0.4, -0.2) is 11.3 Å². The first-order valence-corrected chi connectivity index (χ1v) is 27.1. The van der Waals surface area contributed by atoms with Crippen molar-refractivity contribution in [2.45, 2.75) is 58.5 Å². The second-order valence-electron chi connectivity index (χ2n) is 19.2. The lowest BCUT2D eigenvalue weighted by molar-refractivity contribution is -0.137. The molecule has 0 amide bonds. The number of unbranched alkanes of at least 4 members (excludes halogenated alkanes) is 2. The van der Waals surface area contributed by atoms with Gasteiger partial charge in [0.2, 0.25) is 0 Å². The van der Waals surface area contributed by atoms with E-state index < -0.39 is 11.7 Å². The average molecular weight is 1170 g/mol. The minimum atomic E-state index is -4.46. The Morgan fingerprint density at radius 3 is 1.62 bits per heavy atom. The van der Waals surface area contributed by atoms with Crippen molar-refractivity contribution in [3.63, 3.8) is 0 Å². The van der Waals surface area contributed by atoms with Crippen LogP contribution in [0, 0.1) is 7.14 Å². The summed E-state index contributed by atoms with van der Waals surface area (Å²) >= 11 is 5.00. The Morgan fingerprint density at radius 1 is 0.458 bits per heavy atom. The summed E-state index contributed by atoms with van der Waals surface area (Å²) in [5.41, 5.74) is 19.0. The summed E-state index contributed by atoms with van der Waals surface area (Å²) in [6.45, 7) is 4.50. The molecule has 0 bridgehead atoms. The fourth-order valence-corrected chi connectivity index (χ4v) is 12.8. The van der Waals surface area contributed by atoms with E-state index in [2.05, 4.69) is 207 Å². The molecule has 1 aromatic heterocycles. The number of anilines is 6. The number of hydrogen-bond donors (Lipinski definition) is 0. The van der Waals surface area contributed by atoms with Crippen molar-refractivity contribution in [3.05, 3.63) is 212 Å². The predicted octanol–water partition coefficient (Wildman–Crippen LogP) is 17.1. The standard InChI is InChI=1S/C63H49BF3I2N3/c1-3-5-16-40-30-46(68)38-48(32-40)70-58-26-13-9-22-53(58)64-54-23-10-14-27-59(54)71(49-33-41(17-6-4-2)31-47(69)39-49)61-37-44(36-60(70)62(61)64)42-28-29-57-52(35-42)51-21-8-12-25-56(51)72(57)55-24-11-7-20-50(55)43-18-15-19-45(34-43)63(65,66)67/h7-15,18-39H,3-6,16-17H2,1-2H3. The number of hydrogen-bond acceptors (Lipinski definition) is 2. The molecule has 0 fully saturated rings. The van der Waals surface area contributed by atoms with Gasteiger partial charge >= 0.3 is 6.18 Å². The number of nitrogens with zero attached hydrogens (tertiary/aromatic N) is 3. The third kappa shape index (κ3) is 8.20. The van der Waals surface area contributed by atoms with Crippen molar-refractivity contribution in [1.29, 1.82) is 0 Å². The van der Waals surface area contributed by atoms with Crippen LogP contribution in [0.1, 0.15) is 56.2 Å². The third-order valence-electron chi connectivity index (χ3n) is 14.6. The number of aryl methyl sites for hydroxylation is 2. The van der Waals surface area contributed by atoms with Crippen molar-refractivity contribution >= 4 is 124 Å². The molecular formula is C63H49BF3I2N3. The molecule has 354 valence electrons. The zero-order valence-electron chi connectivity index (χ0n) is 39.9. The molecule has 12 rings (SSSR count). The third-order valence-corrected chi connectivity index (χ3v) is 15.8. The summed E-state index contributed by atoms with van der Waals surface area (Å²) in [6, 6.07) is 65.5. The Bertz CT molecular complexity index is 3620. The van der Waals surface area contributed by atoms with Crippen LogP contribution in [0.5, 0.6) is 0 Å². The van der Waals surface area contributed by atoms with E-state index in [0.29, 0.717) is 5.56 Å². The smallest absolute Gasteiger partial charge is 0.311 e. The molecule has 0 spiro atoms. The minimum absolute atomic E-state index is 0.00834. The molecule has 0 N–H and O–H groups in total. The molecule has 9 aromatic carbocycles. The van der Waals surface area contributed by atoms with Gasteiger partial charge in [0, 0.05) is 57.6 Å². The van der Waals surface area contributed by atoms with E-state index in [4.69, 9.17) is 0 Å². The van der Waals surface area contributed by atoms with Gasteiger partial charge in [-0.25, -0.2) is 0 Å². The first-order valence-electron chi connectivity index (χ1n) is 24.9. The number of benzene rings is 9. The molecule has 2 aliphatic rings. The molecular weight excluding hydrogens is 1120 g/mol. The van der Waals surface area contributed by atoms with E-state index in [-0.39, 0.29) is 6.71 Å². The number of rotatable bonds is 11. The van der Waals surface area contributed by atoms with Gasteiger partial charge in [-0.3, -0.25) is 0 Å². The molecule has 72 heavy (non-hydrogen) atoms. The maximum atomic E-state index is 14.1. The number of alkyl halides is 3. The molecule has 0 saturated heterocycles. The van der Waals surface area contributed by atoms with Gasteiger partial charge in [0.1, 0.15) is 0 Å². The SMILES string of the molecule is CCCCc1cc(I)cc(N2c3ccccc3B3c4ccccc4N(c4cc(I)cc(CCCC)c4)c4cc(-c5ccc6c(c5)c5ccccc5n6-c5ccccc5-c5cccc(C(F)(F)F)c5)cc2c43)c1. The maximum Gasteiger partial charge on any atom is 0.416 e. The zero-order valence-corrected chi connectivity index (χ0v) is 44.3. The second kappa shape index (κ2) is 18.9. The van der Waals surface area contributed by atoms with E-state index in [1.54, 1.807) is 6.07 Å². The first-order chi connectivity index (χ1) is 35.1. The average Bonchev–Trinajstić information content (AvgIpc) is 3.72. The second-order valence-corrected chi connectivity index (χ2v) is 21.7. The molecule has 9 heteroatoms. The van der Waals surface area contributed by atoms with Crippen LogP contribution in [0.25, 0.3) is 49.7 Å². The Hall–Kier alpha value is -6.31. The molecule has 0 radical (unpaired) electrons. The van der Waals surface area contributed by atoms with E-state index in [0.717, 1.165) is 112 Å². The van der Waals surface area contributed by atoms with Crippen molar-refractivity contribution in [3.8, 4) is 27.9 Å². The highest BCUT2D eigenvalue weighted by Crippen LogP contribution is 2.48. The fourth-order valence-electron chi connectivity index (χ4n) is 11.4. The molecule has 2 aliphatic heterocycles. The van der Waals surface area contributed by atoms with Gasteiger partial charge in [-0.05, 0) is 212 Å². The highest BCUT2D eigenvalue weighted by atomic mass is 127. The van der Waals surface area contributed by atoms with Crippen LogP contribution in [0.3, 0.4) is 0 Å². The highest BCUT2D eigenvalue weighted by Gasteiger charge is 2.43. The topological polar surface area (TPSA) is 11.4 Å². The lowest BCUT2D eigenvalue weighted by Crippen LogP contribution is -2.61. The number of fused-ring (bicyclic) bond motifs is 7. The van der Waals surface area contributed by atoms with Crippen LogP contribution in [0.2, 0.25) is 0 Å². The summed E-state index contributed by atoms with van der Waals surface area (Å²) < 4.78 is 46.9. The van der Waals surface area contributed by atoms with E-state index in [1.165, 1.54) is 58.2 Å². The van der Waals surface area contributed by atoms with Gasteiger partial charge in [-0.2, -0.15) is 13.2 Å². The van der Waals surface area contributed by atoms with Gasteiger partial charge in [-0.15, -0.1) is 0 Å². The summed E-state index contributed by atoms with van der Waals surface area (Å²) in [6.07, 6.45) is 2.08. The number of para-hydroxylation sites is 4. The fraction of sp³-hybridized carbons (Fsp3) is 0.143. The minimum Gasteiger partial charge on any atom is -0.311 e. The Kier molecular flexibility index (Phi) is 12.3. The van der Waals surface area contributed by atoms with Crippen molar-refractivity contribution in [1.82, 2.24) is 4.57 Å². The Balaban J connectivity index is 1.12. The van der Waals surface area contributed by atoms with Crippen molar-refractivity contribution in [2.75, 3.05) is 9.80 Å². The molecule has 0 aliphatic carbocycles. The lowest BCUT2D eigenvalue weighted by Gasteiger charge is -2.44. The van der Waals surface area contributed by atoms with Gasteiger partial charge in [0.15, 0.2) is 0 Å². The quantitative estimate of drug-likeness (QED) is 0.0945. The molecule has 0 unspecified atom stereocenters. The van der Waals surface area contributed by atoms with E-state index in [9.17, 15) is 13.2 Å². The van der Waals surface area contributed by atoms with Crippen molar-refractivity contribution in [2.24, 2.45) is 0 Å². The monoisotopic (exact) mass is 1170 g/mol. The normalized spacial score (nSPS) is 12.9. The van der Waals surface area contributed by atoms with Crippen LogP contribution < -0.4 is 26.2 Å². The zero-order chi connectivity index (χ0) is 49.3. The number of halogens is 5. The molecule has 10 aromatic rings. The lowest BCUT2D eigenvalue weighted by atomic mass is 9.33. The molecule has 3 heterocycles. The van der Waals surface area contributed by atoms with Gasteiger partial charge in [0.25, 0.3) is 6.71 Å². The summed E-state index contributed by atoms with van der Waals surface area (Å²) in [7, 11) is 0. The largest absolute Gasteiger partial charge is 0.416 e. The van der Waals surface area contributed by atoms with Crippen LogP contribution in [-0.2, 0) is 19.0 Å². The van der Waals surface area contributed by atoms with Gasteiger partial charge in [0.05, 0.1) is 22.3 Å². The molecule has 0 atom stereocenters. The van der Waals surface area contributed by atoms with Crippen LogP contribution >= 0.6 is 45.2 Å². The Labute approximate surface area is 446 Å². The molecule has 0 saturated carbocycles. The highest BCUT2D eigenvalue weighted by molar-refractivity contribution is 14.1. The summed E-state index contributed by atoms with van der Waals surface area (Å²) in [5.74, 6) is 0. The van der Waals surface area contributed by atoms with Crippen LogP contribution in [0.4, 0.5) is 47.3 Å². The summed E-state index contributed by atoms with van der Waals surface area (Å²) in [5, 5.41) is 2.13. The Morgan fingerprint density at radius 2 is 1.01 bits per heavy atom. The van der Waals surface area contributed by atoms with E-state index >= 15 is 0 Å². The van der Waals surface area contributed by atoms with E-state index in [1.807, 2.05) is 30.3 Å². The summed E-state index contributed by atoms with van der Waals surface area (Å²) in [4.78, 5) is 5.04. The van der Waals surface area contributed by atoms with Gasteiger partial charge < -0.3 is 14.4 Å².